The summed E-state index contributed by atoms with van der Waals surface area (Å²) in [7, 11) is 0. The number of hydrogen-bond acceptors (Lipinski definition) is 8. The molecule has 0 spiro atoms. The molecule has 0 aromatic heterocycles. The van der Waals surface area contributed by atoms with Gasteiger partial charge in [-0.1, -0.05) is 11.2 Å². The number of carbonyl (C=O) groups excluding carboxylic acids is 2. The van der Waals surface area contributed by atoms with Crippen LogP contribution in [0.2, 0.25) is 0 Å². The zero-order valence-electron chi connectivity index (χ0n) is 9.79. The average molecular weight is 234 g/mol. The zero-order chi connectivity index (χ0) is 12.6. The molecule has 8 heteroatoms. The summed E-state index contributed by atoms with van der Waals surface area (Å²) < 4.78 is 0. The van der Waals surface area contributed by atoms with Gasteiger partial charge in [0.25, 0.3) is 0 Å². The summed E-state index contributed by atoms with van der Waals surface area (Å²) in [6, 6.07) is 0.120. The Balaban J connectivity index is 3.62. The van der Waals surface area contributed by atoms with Gasteiger partial charge in [-0.15, -0.1) is 0 Å². The highest BCUT2D eigenvalue weighted by Gasteiger charge is 2.18. The monoisotopic (exact) mass is 234 g/mol. The molecular formula is C8H18N4O4. The minimum absolute atomic E-state index is 0.0598. The SMILES string of the molecule is CC(C)NNOC(=O)C(=O)ONNC(C)C. The summed E-state index contributed by atoms with van der Waals surface area (Å²) in [5.74, 6) is -2.32. The van der Waals surface area contributed by atoms with Crippen molar-refractivity contribution < 1.29 is 19.3 Å². The van der Waals surface area contributed by atoms with Gasteiger partial charge in [0.1, 0.15) is 0 Å². The molecule has 0 aliphatic rings. The zero-order valence-corrected chi connectivity index (χ0v) is 9.79. The molecule has 0 unspecified atom stereocenters. The van der Waals surface area contributed by atoms with Gasteiger partial charge in [-0.2, -0.15) is 0 Å². The van der Waals surface area contributed by atoms with Gasteiger partial charge in [-0.05, 0) is 27.7 Å². The molecule has 0 fully saturated rings. The van der Waals surface area contributed by atoms with E-state index in [0.29, 0.717) is 0 Å². The van der Waals surface area contributed by atoms with Crippen molar-refractivity contribution in [2.45, 2.75) is 39.8 Å². The third-order valence-corrected chi connectivity index (χ3v) is 1.15. The number of carbonyl (C=O) groups is 2. The smallest absolute Gasteiger partial charge is 0.346 e. The molecule has 0 aromatic rings. The number of hydrazine groups is 2. The van der Waals surface area contributed by atoms with Crippen molar-refractivity contribution in [2.24, 2.45) is 0 Å². The van der Waals surface area contributed by atoms with Crippen molar-refractivity contribution in [1.29, 1.82) is 0 Å². The van der Waals surface area contributed by atoms with Crippen molar-refractivity contribution in [3.63, 3.8) is 0 Å². The van der Waals surface area contributed by atoms with E-state index in [2.05, 4.69) is 31.7 Å². The second kappa shape index (κ2) is 7.99. The highest BCUT2D eigenvalue weighted by atomic mass is 16.8. The van der Waals surface area contributed by atoms with E-state index in [0.717, 1.165) is 0 Å². The first kappa shape index (κ1) is 14.8. The lowest BCUT2D eigenvalue weighted by Crippen LogP contribution is -2.44. The van der Waals surface area contributed by atoms with Crippen molar-refractivity contribution in [3.8, 4) is 0 Å². The molecule has 4 N–H and O–H groups in total. The van der Waals surface area contributed by atoms with E-state index in [-0.39, 0.29) is 12.1 Å². The summed E-state index contributed by atoms with van der Waals surface area (Å²) in [5, 5.41) is 0. The molecule has 0 radical (unpaired) electrons. The standard InChI is InChI=1S/C8H18N4O4/c1-5(2)9-11-15-7(13)8(14)16-12-10-6(3)4/h5-6,9-12H,1-4H3. The van der Waals surface area contributed by atoms with Gasteiger partial charge < -0.3 is 9.68 Å². The summed E-state index contributed by atoms with van der Waals surface area (Å²) >= 11 is 0. The summed E-state index contributed by atoms with van der Waals surface area (Å²) in [6.45, 7) is 7.31. The van der Waals surface area contributed by atoms with Gasteiger partial charge in [0.2, 0.25) is 0 Å². The fraction of sp³-hybridized carbons (Fsp3) is 0.750. The van der Waals surface area contributed by atoms with Crippen LogP contribution < -0.4 is 22.0 Å². The molecular weight excluding hydrogens is 216 g/mol. The van der Waals surface area contributed by atoms with Crippen LogP contribution in [-0.2, 0) is 19.3 Å². The molecule has 0 aromatic carbocycles. The Labute approximate surface area is 93.9 Å². The lowest BCUT2D eigenvalue weighted by atomic mass is 10.4. The normalized spacial score (nSPS) is 10.6. The van der Waals surface area contributed by atoms with E-state index in [1.807, 2.05) is 27.7 Å². The van der Waals surface area contributed by atoms with Crippen LogP contribution in [0.1, 0.15) is 27.7 Å². The molecule has 0 atom stereocenters. The van der Waals surface area contributed by atoms with Crippen molar-refractivity contribution >= 4 is 11.9 Å². The maximum atomic E-state index is 10.9. The molecule has 0 rings (SSSR count). The molecule has 0 saturated heterocycles. The average Bonchev–Trinajstić information content (AvgIpc) is 2.16. The number of nitrogens with one attached hydrogen (secondary N) is 4. The van der Waals surface area contributed by atoms with Crippen LogP contribution in [0, 0.1) is 0 Å². The van der Waals surface area contributed by atoms with Gasteiger partial charge in [-0.3, -0.25) is 0 Å². The predicted octanol–water partition coefficient (Wildman–Crippen LogP) is -1.09. The molecule has 0 bridgehead atoms. The fourth-order valence-corrected chi connectivity index (χ4v) is 0.471. The molecule has 0 heterocycles. The van der Waals surface area contributed by atoms with Gasteiger partial charge in [0, 0.05) is 12.1 Å². The maximum absolute atomic E-state index is 10.9. The maximum Gasteiger partial charge on any atom is 0.439 e. The van der Waals surface area contributed by atoms with Crippen LogP contribution in [0.15, 0.2) is 0 Å². The quantitative estimate of drug-likeness (QED) is 0.340. The van der Waals surface area contributed by atoms with Crippen molar-refractivity contribution in [2.75, 3.05) is 0 Å². The van der Waals surface area contributed by atoms with Gasteiger partial charge in [-0.25, -0.2) is 20.4 Å². The van der Waals surface area contributed by atoms with Gasteiger partial charge in [0.15, 0.2) is 0 Å². The Morgan fingerprint density at radius 1 is 0.812 bits per heavy atom. The van der Waals surface area contributed by atoms with Gasteiger partial charge >= 0.3 is 11.9 Å². The topological polar surface area (TPSA) is 101 Å². The van der Waals surface area contributed by atoms with Crippen LogP contribution >= 0.6 is 0 Å². The Hall–Kier alpha value is -1.22. The number of hydrogen-bond donors (Lipinski definition) is 4. The van der Waals surface area contributed by atoms with E-state index in [4.69, 9.17) is 0 Å². The highest BCUT2D eigenvalue weighted by Crippen LogP contribution is 1.79. The van der Waals surface area contributed by atoms with Gasteiger partial charge in [0.05, 0.1) is 0 Å². The lowest BCUT2D eigenvalue weighted by Gasteiger charge is -2.10. The molecule has 0 saturated carbocycles. The van der Waals surface area contributed by atoms with E-state index in [1.165, 1.54) is 0 Å². The van der Waals surface area contributed by atoms with Crippen LogP contribution in [0.4, 0.5) is 0 Å². The van der Waals surface area contributed by atoms with Crippen LogP contribution in [-0.4, -0.2) is 24.0 Å². The Kier molecular flexibility index (Phi) is 7.38. The molecule has 94 valence electrons. The van der Waals surface area contributed by atoms with E-state index in [9.17, 15) is 9.59 Å². The number of rotatable bonds is 6. The Bertz CT molecular complexity index is 208. The van der Waals surface area contributed by atoms with E-state index in [1.54, 1.807) is 0 Å². The molecule has 16 heavy (non-hydrogen) atoms. The third kappa shape index (κ3) is 8.12. The summed E-state index contributed by atoms with van der Waals surface area (Å²) in [5.41, 5.74) is 9.37. The van der Waals surface area contributed by atoms with Crippen LogP contribution in [0.25, 0.3) is 0 Å². The molecule has 0 amide bonds. The molecule has 0 aliphatic heterocycles. The fourth-order valence-electron chi connectivity index (χ4n) is 0.471. The minimum atomic E-state index is -1.16. The third-order valence-electron chi connectivity index (χ3n) is 1.15. The first-order chi connectivity index (χ1) is 7.43. The first-order valence-corrected chi connectivity index (χ1v) is 4.86. The Morgan fingerprint density at radius 3 is 1.38 bits per heavy atom. The first-order valence-electron chi connectivity index (χ1n) is 4.86. The second-order valence-electron chi connectivity index (χ2n) is 3.58. The predicted molar refractivity (Wildman–Crippen MR) is 55.0 cm³/mol. The summed E-state index contributed by atoms with van der Waals surface area (Å²) in [4.78, 5) is 30.5. The minimum Gasteiger partial charge on any atom is -0.346 e. The largest absolute Gasteiger partial charge is 0.439 e. The molecule has 0 aliphatic carbocycles. The van der Waals surface area contributed by atoms with Crippen molar-refractivity contribution in [3.05, 3.63) is 0 Å². The summed E-state index contributed by atoms with van der Waals surface area (Å²) in [6.07, 6.45) is 0. The van der Waals surface area contributed by atoms with Crippen LogP contribution in [0.3, 0.4) is 0 Å². The van der Waals surface area contributed by atoms with E-state index >= 15 is 0 Å². The lowest BCUT2D eigenvalue weighted by molar-refractivity contribution is -0.180. The van der Waals surface area contributed by atoms with E-state index < -0.39 is 11.9 Å². The molecule has 8 nitrogen and oxygen atoms in total. The van der Waals surface area contributed by atoms with Crippen molar-refractivity contribution in [1.82, 2.24) is 22.0 Å². The highest BCUT2D eigenvalue weighted by molar-refractivity contribution is 6.29. The Morgan fingerprint density at radius 2 is 1.12 bits per heavy atom. The second-order valence-corrected chi connectivity index (χ2v) is 3.58. The van der Waals surface area contributed by atoms with Crippen LogP contribution in [0.5, 0.6) is 0 Å².